The SMILES string of the molecule is CCCCCCc1ccc(-c2csc(NC(=O)[C@H](C)Cl)n2)cc1. The van der Waals surface area contributed by atoms with Crippen LogP contribution in [0.15, 0.2) is 29.6 Å². The average molecular weight is 351 g/mol. The standard InChI is InChI=1S/C18H23ClN2OS/c1-3-4-5-6-7-14-8-10-15(11-9-14)16-12-23-18(20-16)21-17(22)13(2)19/h8-13H,3-7H2,1-2H3,(H,20,21,22)/t13-/m0/s1. The minimum absolute atomic E-state index is 0.227. The van der Waals surface area contributed by atoms with Crippen LogP contribution in [0.2, 0.25) is 0 Å². The molecular weight excluding hydrogens is 328 g/mol. The molecule has 0 bridgehead atoms. The molecule has 0 aliphatic heterocycles. The van der Waals surface area contributed by atoms with E-state index in [0.29, 0.717) is 5.13 Å². The Bertz CT molecular complexity index is 622. The summed E-state index contributed by atoms with van der Waals surface area (Å²) < 4.78 is 0. The fourth-order valence-electron chi connectivity index (χ4n) is 2.27. The average Bonchev–Trinajstić information content (AvgIpc) is 3.00. The quantitative estimate of drug-likeness (QED) is 0.504. The lowest BCUT2D eigenvalue weighted by molar-refractivity contribution is -0.115. The maximum absolute atomic E-state index is 11.6. The first kappa shape index (κ1) is 18.0. The van der Waals surface area contributed by atoms with Gasteiger partial charge in [-0.2, -0.15) is 0 Å². The highest BCUT2D eigenvalue weighted by Crippen LogP contribution is 2.25. The number of aromatic nitrogens is 1. The van der Waals surface area contributed by atoms with E-state index in [0.717, 1.165) is 17.7 Å². The molecule has 1 amide bonds. The van der Waals surface area contributed by atoms with Crippen LogP contribution in [-0.4, -0.2) is 16.3 Å². The van der Waals surface area contributed by atoms with Gasteiger partial charge in [0.1, 0.15) is 5.38 Å². The summed E-state index contributed by atoms with van der Waals surface area (Å²) in [7, 11) is 0. The van der Waals surface area contributed by atoms with Crippen LogP contribution in [0.1, 0.15) is 45.1 Å². The predicted molar refractivity (Wildman–Crippen MR) is 99.3 cm³/mol. The molecule has 0 saturated heterocycles. The molecule has 0 aliphatic carbocycles. The van der Waals surface area contributed by atoms with Gasteiger partial charge < -0.3 is 5.32 Å². The maximum atomic E-state index is 11.6. The Labute approximate surface area is 147 Å². The zero-order chi connectivity index (χ0) is 16.7. The molecular formula is C18H23ClN2OS. The molecule has 1 aromatic heterocycles. The molecule has 1 atom stereocenters. The van der Waals surface area contributed by atoms with E-state index in [4.69, 9.17) is 11.6 Å². The second-order valence-electron chi connectivity index (χ2n) is 5.65. The molecule has 124 valence electrons. The molecule has 2 aromatic rings. The minimum Gasteiger partial charge on any atom is -0.301 e. The number of hydrogen-bond donors (Lipinski definition) is 1. The fraction of sp³-hybridized carbons (Fsp3) is 0.444. The van der Waals surface area contributed by atoms with Crippen molar-refractivity contribution in [3.8, 4) is 11.3 Å². The second kappa shape index (κ2) is 9.04. The Hall–Kier alpha value is -1.39. The third-order valence-corrected chi connectivity index (χ3v) is 4.62. The van der Waals surface area contributed by atoms with Crippen LogP contribution < -0.4 is 5.32 Å². The van der Waals surface area contributed by atoms with Crippen molar-refractivity contribution in [1.82, 2.24) is 4.98 Å². The van der Waals surface area contributed by atoms with Crippen molar-refractivity contribution in [1.29, 1.82) is 0 Å². The van der Waals surface area contributed by atoms with Gasteiger partial charge in [-0.05, 0) is 25.3 Å². The van der Waals surface area contributed by atoms with Crippen molar-refractivity contribution in [2.75, 3.05) is 5.32 Å². The van der Waals surface area contributed by atoms with Crippen LogP contribution in [0.4, 0.5) is 5.13 Å². The van der Waals surface area contributed by atoms with Crippen LogP contribution in [0.5, 0.6) is 0 Å². The topological polar surface area (TPSA) is 42.0 Å². The summed E-state index contributed by atoms with van der Waals surface area (Å²) in [5.41, 5.74) is 3.31. The molecule has 0 aliphatic rings. The first-order valence-electron chi connectivity index (χ1n) is 8.10. The number of aryl methyl sites for hydroxylation is 1. The summed E-state index contributed by atoms with van der Waals surface area (Å²) in [5, 5.41) is 4.69. The Morgan fingerprint density at radius 3 is 2.65 bits per heavy atom. The van der Waals surface area contributed by atoms with Gasteiger partial charge in [0.25, 0.3) is 0 Å². The predicted octanol–water partition coefficient (Wildman–Crippen LogP) is 5.50. The number of carbonyl (C=O) groups is 1. The Morgan fingerprint density at radius 2 is 2.00 bits per heavy atom. The molecule has 3 nitrogen and oxygen atoms in total. The lowest BCUT2D eigenvalue weighted by Gasteiger charge is -2.03. The van der Waals surface area contributed by atoms with Gasteiger partial charge in [0, 0.05) is 10.9 Å². The highest BCUT2D eigenvalue weighted by Gasteiger charge is 2.12. The van der Waals surface area contributed by atoms with Crippen LogP contribution >= 0.6 is 22.9 Å². The molecule has 1 N–H and O–H groups in total. The number of amides is 1. The van der Waals surface area contributed by atoms with Crippen LogP contribution in [-0.2, 0) is 11.2 Å². The van der Waals surface area contributed by atoms with Gasteiger partial charge in [-0.3, -0.25) is 4.79 Å². The number of nitrogens with zero attached hydrogens (tertiary/aromatic N) is 1. The number of anilines is 1. The highest BCUT2D eigenvalue weighted by molar-refractivity contribution is 7.14. The number of alkyl halides is 1. The van der Waals surface area contributed by atoms with E-state index in [1.165, 1.54) is 42.6 Å². The van der Waals surface area contributed by atoms with Crippen molar-refractivity contribution in [3.05, 3.63) is 35.2 Å². The van der Waals surface area contributed by atoms with Gasteiger partial charge in [-0.25, -0.2) is 4.98 Å². The van der Waals surface area contributed by atoms with Crippen molar-refractivity contribution in [2.45, 2.75) is 51.3 Å². The normalized spacial score (nSPS) is 12.1. The molecule has 1 heterocycles. The largest absolute Gasteiger partial charge is 0.301 e. The van der Waals surface area contributed by atoms with Crippen molar-refractivity contribution >= 4 is 34.0 Å². The van der Waals surface area contributed by atoms with E-state index < -0.39 is 5.38 Å². The van der Waals surface area contributed by atoms with E-state index >= 15 is 0 Å². The van der Waals surface area contributed by atoms with Crippen molar-refractivity contribution < 1.29 is 4.79 Å². The zero-order valence-corrected chi connectivity index (χ0v) is 15.2. The molecule has 0 radical (unpaired) electrons. The number of nitrogens with one attached hydrogen (secondary N) is 1. The first-order chi connectivity index (χ1) is 11.1. The molecule has 0 unspecified atom stereocenters. The maximum Gasteiger partial charge on any atom is 0.243 e. The van der Waals surface area contributed by atoms with E-state index in [9.17, 15) is 4.79 Å². The highest BCUT2D eigenvalue weighted by atomic mass is 35.5. The number of unbranched alkanes of at least 4 members (excludes halogenated alkanes) is 3. The third-order valence-electron chi connectivity index (χ3n) is 3.66. The fourth-order valence-corrected chi connectivity index (χ4v) is 3.04. The zero-order valence-electron chi connectivity index (χ0n) is 13.6. The van der Waals surface area contributed by atoms with Gasteiger partial charge in [0.15, 0.2) is 5.13 Å². The lowest BCUT2D eigenvalue weighted by atomic mass is 10.0. The van der Waals surface area contributed by atoms with Crippen LogP contribution in [0.3, 0.4) is 0 Å². The molecule has 0 saturated carbocycles. The van der Waals surface area contributed by atoms with Gasteiger partial charge in [-0.15, -0.1) is 22.9 Å². The summed E-state index contributed by atoms with van der Waals surface area (Å²) in [4.78, 5) is 16.0. The summed E-state index contributed by atoms with van der Waals surface area (Å²) in [6, 6.07) is 8.53. The Kier molecular flexibility index (Phi) is 7.06. The molecule has 1 aromatic carbocycles. The minimum atomic E-state index is -0.561. The van der Waals surface area contributed by atoms with E-state index in [2.05, 4.69) is 41.5 Å². The number of halogens is 1. The number of hydrogen-bond acceptors (Lipinski definition) is 3. The summed E-state index contributed by atoms with van der Waals surface area (Å²) in [6.45, 7) is 3.87. The van der Waals surface area contributed by atoms with E-state index in [1.54, 1.807) is 6.92 Å². The monoisotopic (exact) mass is 350 g/mol. The van der Waals surface area contributed by atoms with Crippen molar-refractivity contribution in [2.24, 2.45) is 0 Å². The molecule has 2 rings (SSSR count). The van der Waals surface area contributed by atoms with Crippen LogP contribution in [0.25, 0.3) is 11.3 Å². The number of carbonyl (C=O) groups excluding carboxylic acids is 1. The summed E-state index contributed by atoms with van der Waals surface area (Å²) in [5.74, 6) is -0.227. The number of thiazole rings is 1. The molecule has 23 heavy (non-hydrogen) atoms. The smallest absolute Gasteiger partial charge is 0.243 e. The van der Waals surface area contributed by atoms with Gasteiger partial charge >= 0.3 is 0 Å². The van der Waals surface area contributed by atoms with E-state index in [1.807, 2.05) is 5.38 Å². The Balaban J connectivity index is 1.94. The summed E-state index contributed by atoms with van der Waals surface area (Å²) in [6.07, 6.45) is 6.26. The van der Waals surface area contributed by atoms with Crippen LogP contribution in [0, 0.1) is 0 Å². The number of rotatable bonds is 8. The summed E-state index contributed by atoms with van der Waals surface area (Å²) >= 11 is 7.16. The van der Waals surface area contributed by atoms with Crippen molar-refractivity contribution in [3.63, 3.8) is 0 Å². The first-order valence-corrected chi connectivity index (χ1v) is 9.41. The Morgan fingerprint density at radius 1 is 1.26 bits per heavy atom. The second-order valence-corrected chi connectivity index (χ2v) is 7.16. The molecule has 5 heteroatoms. The molecule has 0 spiro atoms. The molecule has 0 fully saturated rings. The third kappa shape index (κ3) is 5.63. The van der Waals surface area contributed by atoms with Gasteiger partial charge in [0.05, 0.1) is 5.69 Å². The van der Waals surface area contributed by atoms with E-state index in [-0.39, 0.29) is 5.91 Å². The van der Waals surface area contributed by atoms with Gasteiger partial charge in [0.2, 0.25) is 5.91 Å². The van der Waals surface area contributed by atoms with Gasteiger partial charge in [-0.1, -0.05) is 50.5 Å². The number of benzene rings is 1. The lowest BCUT2D eigenvalue weighted by Crippen LogP contribution is -2.20.